The first-order valence-corrected chi connectivity index (χ1v) is 9.42. The van der Waals surface area contributed by atoms with Crippen LogP contribution in [0.3, 0.4) is 0 Å². The highest BCUT2D eigenvalue weighted by Crippen LogP contribution is 2.27. The van der Waals surface area contributed by atoms with Gasteiger partial charge in [0.05, 0.1) is 11.1 Å². The van der Waals surface area contributed by atoms with Crippen molar-refractivity contribution in [3.05, 3.63) is 83.7 Å². The van der Waals surface area contributed by atoms with Crippen LogP contribution in [0.5, 0.6) is 0 Å². The Hall–Kier alpha value is -2.75. The number of nitrogens with zero attached hydrogens (tertiary/aromatic N) is 3. The monoisotopic (exact) mass is 438 g/mol. The molecule has 1 amide bonds. The fourth-order valence-corrected chi connectivity index (χ4v) is 3.61. The van der Waals surface area contributed by atoms with Gasteiger partial charge in [0, 0.05) is 39.7 Å². The number of rotatable bonds is 6. The van der Waals surface area contributed by atoms with E-state index in [0.29, 0.717) is 21.6 Å². The van der Waals surface area contributed by atoms with Crippen molar-refractivity contribution in [1.82, 2.24) is 9.55 Å². The number of anilines is 1. The number of benzene rings is 1. The number of aromatic nitrogens is 2. The number of nitro groups is 1. The molecule has 0 saturated carbocycles. The second-order valence-corrected chi connectivity index (χ2v) is 7.66. The Morgan fingerprint density at radius 3 is 2.82 bits per heavy atom. The Morgan fingerprint density at radius 1 is 1.29 bits per heavy atom. The highest BCUT2D eigenvalue weighted by atomic mass is 35.5. The molecular formula is C17H12Cl2N4O4S. The molecule has 28 heavy (non-hydrogen) atoms. The molecule has 0 fully saturated rings. The molecule has 2 aromatic heterocycles. The van der Waals surface area contributed by atoms with Crippen LogP contribution < -0.4 is 10.9 Å². The number of thiazole rings is 1. The number of hydrogen-bond acceptors (Lipinski definition) is 6. The maximum atomic E-state index is 12.2. The van der Waals surface area contributed by atoms with Crippen LogP contribution in [0.25, 0.3) is 0 Å². The quantitative estimate of drug-likeness (QED) is 0.465. The van der Waals surface area contributed by atoms with Gasteiger partial charge in [0.1, 0.15) is 6.54 Å². The number of hydrogen-bond donors (Lipinski definition) is 1. The first-order valence-electron chi connectivity index (χ1n) is 7.85. The van der Waals surface area contributed by atoms with E-state index in [-0.39, 0.29) is 12.2 Å². The van der Waals surface area contributed by atoms with E-state index in [1.165, 1.54) is 11.3 Å². The molecule has 0 bridgehead atoms. The average molecular weight is 439 g/mol. The van der Waals surface area contributed by atoms with Gasteiger partial charge >= 0.3 is 0 Å². The summed E-state index contributed by atoms with van der Waals surface area (Å²) in [7, 11) is 0. The van der Waals surface area contributed by atoms with E-state index in [1.807, 2.05) is 0 Å². The zero-order valence-corrected chi connectivity index (χ0v) is 16.4. The molecule has 11 heteroatoms. The lowest BCUT2D eigenvalue weighted by Crippen LogP contribution is -2.26. The average Bonchev–Trinajstić information content (AvgIpc) is 3.06. The van der Waals surface area contributed by atoms with E-state index in [9.17, 15) is 19.7 Å². The van der Waals surface area contributed by atoms with Crippen LogP contribution >= 0.6 is 34.5 Å². The molecule has 0 aliphatic heterocycles. The van der Waals surface area contributed by atoms with Crippen molar-refractivity contribution in [2.24, 2.45) is 0 Å². The van der Waals surface area contributed by atoms with E-state index >= 15 is 0 Å². The van der Waals surface area contributed by atoms with E-state index in [1.54, 1.807) is 24.4 Å². The summed E-state index contributed by atoms with van der Waals surface area (Å²) in [5.74, 6) is -0.524. The van der Waals surface area contributed by atoms with Crippen molar-refractivity contribution in [3.8, 4) is 0 Å². The van der Waals surface area contributed by atoms with Crippen LogP contribution in [0.15, 0.2) is 47.5 Å². The lowest BCUT2D eigenvalue weighted by molar-refractivity contribution is -0.385. The highest BCUT2D eigenvalue weighted by molar-refractivity contribution is 7.15. The predicted octanol–water partition coefficient (Wildman–Crippen LogP) is 3.75. The van der Waals surface area contributed by atoms with Crippen LogP contribution in [-0.2, 0) is 17.8 Å². The second kappa shape index (κ2) is 8.51. The highest BCUT2D eigenvalue weighted by Gasteiger charge is 2.13. The fraction of sp³-hybridized carbons (Fsp3) is 0.118. The molecule has 0 spiro atoms. The first-order chi connectivity index (χ1) is 13.3. The molecule has 3 rings (SSSR count). The van der Waals surface area contributed by atoms with Crippen molar-refractivity contribution in [1.29, 1.82) is 0 Å². The van der Waals surface area contributed by atoms with Gasteiger partial charge in [0.25, 0.3) is 11.2 Å². The van der Waals surface area contributed by atoms with Crippen molar-refractivity contribution in [2.45, 2.75) is 13.0 Å². The van der Waals surface area contributed by atoms with E-state index < -0.39 is 16.4 Å². The van der Waals surface area contributed by atoms with Gasteiger partial charge in [-0.1, -0.05) is 23.2 Å². The van der Waals surface area contributed by atoms with Gasteiger partial charge in [-0.15, -0.1) is 11.3 Å². The molecular weight excluding hydrogens is 427 g/mol. The van der Waals surface area contributed by atoms with Gasteiger partial charge in [0.15, 0.2) is 5.13 Å². The minimum Gasteiger partial charge on any atom is -0.300 e. The Balaban J connectivity index is 1.67. The minimum atomic E-state index is -0.637. The topological polar surface area (TPSA) is 107 Å². The van der Waals surface area contributed by atoms with Crippen LogP contribution in [-0.4, -0.2) is 20.4 Å². The number of nitrogens with one attached hydrogen (secondary N) is 1. The van der Waals surface area contributed by atoms with Crippen molar-refractivity contribution in [2.75, 3.05) is 5.32 Å². The van der Waals surface area contributed by atoms with Gasteiger partial charge < -0.3 is 5.32 Å². The summed E-state index contributed by atoms with van der Waals surface area (Å²) >= 11 is 13.4. The lowest BCUT2D eigenvalue weighted by Gasteiger charge is -2.05. The molecule has 0 radical (unpaired) electrons. The summed E-state index contributed by atoms with van der Waals surface area (Å²) in [4.78, 5) is 39.1. The third kappa shape index (κ3) is 4.94. The molecule has 0 atom stereocenters. The minimum absolute atomic E-state index is 0.276. The summed E-state index contributed by atoms with van der Waals surface area (Å²) in [6, 6.07) is 7.30. The van der Waals surface area contributed by atoms with Crippen LogP contribution in [0.4, 0.5) is 10.8 Å². The van der Waals surface area contributed by atoms with Crippen LogP contribution in [0.1, 0.15) is 10.4 Å². The summed E-state index contributed by atoms with van der Waals surface area (Å²) in [5.41, 5.74) is 0.0392. The number of pyridine rings is 1. The largest absolute Gasteiger partial charge is 0.300 e. The molecule has 0 saturated heterocycles. The van der Waals surface area contributed by atoms with Crippen LogP contribution in [0, 0.1) is 10.1 Å². The zero-order valence-electron chi connectivity index (χ0n) is 14.1. The predicted molar refractivity (Wildman–Crippen MR) is 107 cm³/mol. The van der Waals surface area contributed by atoms with Gasteiger partial charge in [0.2, 0.25) is 5.91 Å². The summed E-state index contributed by atoms with van der Waals surface area (Å²) in [5, 5.41) is 14.9. The number of amides is 1. The SMILES string of the molecule is O=C(Cn1cc([N+](=O)[O-])ccc1=O)Nc1ncc(Cc2cc(Cl)ccc2Cl)s1. The maximum Gasteiger partial charge on any atom is 0.285 e. The second-order valence-electron chi connectivity index (χ2n) is 5.70. The molecule has 0 aliphatic carbocycles. The standard InChI is InChI=1S/C17H12Cl2N4O4S/c18-11-1-3-14(19)10(5-11)6-13-7-20-17(28-13)21-15(24)9-22-8-12(23(26)27)2-4-16(22)25/h1-5,7-8H,6,9H2,(H,20,21,24). The number of carbonyl (C=O) groups is 1. The van der Waals surface area contributed by atoms with Crippen LogP contribution in [0.2, 0.25) is 10.0 Å². The summed E-state index contributed by atoms with van der Waals surface area (Å²) < 4.78 is 0.966. The van der Waals surface area contributed by atoms with Crippen molar-refractivity contribution < 1.29 is 9.72 Å². The first kappa shape index (κ1) is 20.0. The van der Waals surface area contributed by atoms with E-state index in [0.717, 1.165) is 33.3 Å². The van der Waals surface area contributed by atoms with Crippen molar-refractivity contribution >= 4 is 51.3 Å². The van der Waals surface area contributed by atoms with Gasteiger partial charge in [-0.25, -0.2) is 4.98 Å². The van der Waals surface area contributed by atoms with Gasteiger partial charge in [-0.2, -0.15) is 0 Å². The third-order valence-electron chi connectivity index (χ3n) is 3.66. The molecule has 0 unspecified atom stereocenters. The molecule has 0 aliphatic rings. The molecule has 2 heterocycles. The normalized spacial score (nSPS) is 10.6. The number of halogens is 2. The molecule has 8 nitrogen and oxygen atoms in total. The Bertz CT molecular complexity index is 1110. The summed E-state index contributed by atoms with van der Waals surface area (Å²) in [6.45, 7) is -0.366. The molecule has 1 N–H and O–H groups in total. The zero-order chi connectivity index (χ0) is 20.3. The Morgan fingerprint density at radius 2 is 2.07 bits per heavy atom. The maximum absolute atomic E-state index is 12.2. The van der Waals surface area contributed by atoms with E-state index in [2.05, 4.69) is 10.3 Å². The molecule has 3 aromatic rings. The summed E-state index contributed by atoms with van der Waals surface area (Å²) in [6.07, 6.45) is 3.13. The van der Waals surface area contributed by atoms with Gasteiger partial charge in [-0.3, -0.25) is 24.3 Å². The molecule has 1 aromatic carbocycles. The number of carbonyl (C=O) groups excluding carboxylic acids is 1. The smallest absolute Gasteiger partial charge is 0.285 e. The van der Waals surface area contributed by atoms with Gasteiger partial charge in [-0.05, 0) is 23.8 Å². The fourth-order valence-electron chi connectivity index (χ4n) is 2.38. The molecule has 144 valence electrons. The van der Waals surface area contributed by atoms with E-state index in [4.69, 9.17) is 23.2 Å². The Kier molecular flexibility index (Phi) is 6.08. The Labute approximate surface area is 172 Å². The van der Waals surface area contributed by atoms with Crippen molar-refractivity contribution in [3.63, 3.8) is 0 Å². The lowest BCUT2D eigenvalue weighted by atomic mass is 10.1. The third-order valence-corrected chi connectivity index (χ3v) is 5.18.